The zero-order valence-electron chi connectivity index (χ0n) is 11.5. The molecule has 0 radical (unpaired) electrons. The largest absolute Gasteiger partial charge is 0.454 e. The normalized spacial score (nSPS) is 36.2. The Morgan fingerprint density at radius 3 is 2.81 bits per heavy atom. The van der Waals surface area contributed by atoms with Crippen LogP contribution in [0.4, 0.5) is 0 Å². The van der Waals surface area contributed by atoms with E-state index >= 15 is 0 Å². The van der Waals surface area contributed by atoms with Crippen LogP contribution in [0.2, 0.25) is 0 Å². The van der Waals surface area contributed by atoms with Gasteiger partial charge in [0.15, 0.2) is 11.5 Å². The van der Waals surface area contributed by atoms with Crippen LogP contribution in [0, 0.1) is 0 Å². The van der Waals surface area contributed by atoms with Crippen molar-refractivity contribution in [3.05, 3.63) is 34.9 Å². The Hall–Kier alpha value is -1.56. The SMILES string of the molecule is O[C@H]1[C@@H]2c3cc4c(cc3CN3CCC(=C[C@H]1O)[C@@H]23)OCO4. The van der Waals surface area contributed by atoms with Crippen molar-refractivity contribution in [2.45, 2.75) is 37.1 Å². The molecule has 21 heavy (non-hydrogen) atoms. The van der Waals surface area contributed by atoms with Crippen LogP contribution in [-0.4, -0.2) is 46.7 Å². The Balaban J connectivity index is 1.70. The predicted molar refractivity (Wildman–Crippen MR) is 74.2 cm³/mol. The average Bonchev–Trinajstić information content (AvgIpc) is 3.08. The molecular formula is C16H17NO4. The molecule has 0 saturated carbocycles. The van der Waals surface area contributed by atoms with Gasteiger partial charge in [-0.15, -0.1) is 0 Å². The van der Waals surface area contributed by atoms with Crippen molar-refractivity contribution in [1.82, 2.24) is 4.90 Å². The molecule has 5 nitrogen and oxygen atoms in total. The lowest BCUT2D eigenvalue weighted by atomic mass is 9.73. The number of hydrogen-bond acceptors (Lipinski definition) is 5. The molecule has 1 aliphatic carbocycles. The number of nitrogens with zero attached hydrogens (tertiary/aromatic N) is 1. The van der Waals surface area contributed by atoms with Crippen LogP contribution >= 0.6 is 0 Å². The lowest BCUT2D eigenvalue weighted by Gasteiger charge is -2.44. The second-order valence-electron chi connectivity index (χ2n) is 6.32. The molecule has 0 amide bonds. The van der Waals surface area contributed by atoms with E-state index in [9.17, 15) is 10.2 Å². The van der Waals surface area contributed by atoms with E-state index in [0.29, 0.717) is 0 Å². The first-order valence-electron chi connectivity index (χ1n) is 7.45. The van der Waals surface area contributed by atoms with Crippen molar-refractivity contribution in [2.75, 3.05) is 13.3 Å². The van der Waals surface area contributed by atoms with Crippen molar-refractivity contribution < 1.29 is 19.7 Å². The van der Waals surface area contributed by atoms with Crippen LogP contribution in [0.1, 0.15) is 23.5 Å². The summed E-state index contributed by atoms with van der Waals surface area (Å²) in [5.74, 6) is 1.45. The molecule has 1 aromatic carbocycles. The second-order valence-corrected chi connectivity index (χ2v) is 6.32. The van der Waals surface area contributed by atoms with Gasteiger partial charge in [0, 0.05) is 25.0 Å². The maximum Gasteiger partial charge on any atom is 0.231 e. The topological polar surface area (TPSA) is 62.2 Å². The zero-order valence-corrected chi connectivity index (χ0v) is 11.5. The van der Waals surface area contributed by atoms with Crippen molar-refractivity contribution in [3.63, 3.8) is 0 Å². The van der Waals surface area contributed by atoms with E-state index in [0.717, 1.165) is 36.6 Å². The first kappa shape index (κ1) is 12.0. The van der Waals surface area contributed by atoms with Crippen molar-refractivity contribution in [3.8, 4) is 11.5 Å². The van der Waals surface area contributed by atoms with E-state index in [-0.39, 0.29) is 18.8 Å². The van der Waals surface area contributed by atoms with Crippen LogP contribution in [0.3, 0.4) is 0 Å². The molecule has 0 spiro atoms. The van der Waals surface area contributed by atoms with Crippen molar-refractivity contribution in [1.29, 1.82) is 0 Å². The number of benzene rings is 1. The third kappa shape index (κ3) is 1.51. The molecule has 0 unspecified atom stereocenters. The standard InChI is InChI=1S/C16H17NO4/c18-11-3-8-1-2-17-6-9-4-12-13(21-7-20-12)5-10(9)14(15(8)17)16(11)19/h3-5,11,14-16,18-19H,1-2,6-7H2/t11-,14-,15+,16-/m1/s1. The fourth-order valence-corrected chi connectivity index (χ4v) is 4.35. The summed E-state index contributed by atoms with van der Waals surface area (Å²) in [5.41, 5.74) is 3.54. The molecule has 0 aromatic heterocycles. The first-order valence-corrected chi connectivity index (χ1v) is 7.45. The Labute approximate surface area is 122 Å². The summed E-state index contributed by atoms with van der Waals surface area (Å²) in [6.45, 7) is 2.11. The zero-order chi connectivity index (χ0) is 14.1. The Morgan fingerprint density at radius 2 is 1.95 bits per heavy atom. The summed E-state index contributed by atoms with van der Waals surface area (Å²) in [6.07, 6.45) is 1.28. The Kier molecular flexibility index (Phi) is 2.29. The summed E-state index contributed by atoms with van der Waals surface area (Å²) in [7, 11) is 0. The molecule has 3 heterocycles. The minimum Gasteiger partial charge on any atom is -0.454 e. The quantitative estimate of drug-likeness (QED) is 0.690. The van der Waals surface area contributed by atoms with Crippen LogP contribution in [0.5, 0.6) is 11.5 Å². The van der Waals surface area contributed by atoms with E-state index in [2.05, 4.69) is 4.90 Å². The van der Waals surface area contributed by atoms with Gasteiger partial charge in [-0.05, 0) is 29.7 Å². The molecule has 4 atom stereocenters. The molecular weight excluding hydrogens is 270 g/mol. The molecule has 1 saturated heterocycles. The summed E-state index contributed by atoms with van der Waals surface area (Å²) in [4.78, 5) is 2.40. The average molecular weight is 287 g/mol. The van der Waals surface area contributed by atoms with E-state index in [1.54, 1.807) is 0 Å². The number of ether oxygens (including phenoxy) is 2. The van der Waals surface area contributed by atoms with Gasteiger partial charge in [-0.2, -0.15) is 0 Å². The second kappa shape index (κ2) is 4.00. The maximum absolute atomic E-state index is 10.5. The van der Waals surface area contributed by atoms with Gasteiger partial charge in [-0.1, -0.05) is 11.6 Å². The van der Waals surface area contributed by atoms with Crippen molar-refractivity contribution in [2.24, 2.45) is 0 Å². The molecule has 0 bridgehead atoms. The third-order valence-corrected chi connectivity index (χ3v) is 5.27. The van der Waals surface area contributed by atoms with Crippen LogP contribution in [0.15, 0.2) is 23.8 Å². The van der Waals surface area contributed by atoms with Crippen LogP contribution < -0.4 is 9.47 Å². The predicted octanol–water partition coefficient (Wildman–Crippen LogP) is 0.749. The summed E-state index contributed by atoms with van der Waals surface area (Å²) in [6, 6.07) is 4.25. The fraction of sp³-hybridized carbons (Fsp3) is 0.500. The number of rotatable bonds is 0. The highest BCUT2D eigenvalue weighted by Crippen LogP contribution is 2.49. The minimum absolute atomic E-state index is 0.0826. The summed E-state index contributed by atoms with van der Waals surface area (Å²) >= 11 is 0. The number of aliphatic hydroxyl groups excluding tert-OH is 2. The van der Waals surface area contributed by atoms with Gasteiger partial charge in [0.1, 0.15) is 0 Å². The van der Waals surface area contributed by atoms with E-state index in [1.807, 2.05) is 18.2 Å². The van der Waals surface area contributed by atoms with Crippen LogP contribution in [-0.2, 0) is 6.54 Å². The fourth-order valence-electron chi connectivity index (χ4n) is 4.35. The maximum atomic E-state index is 10.5. The third-order valence-electron chi connectivity index (χ3n) is 5.27. The smallest absolute Gasteiger partial charge is 0.231 e. The monoisotopic (exact) mass is 287 g/mol. The van der Waals surface area contributed by atoms with Gasteiger partial charge in [0.25, 0.3) is 0 Å². The molecule has 3 aliphatic heterocycles. The highest BCUT2D eigenvalue weighted by atomic mass is 16.7. The van der Waals surface area contributed by atoms with Gasteiger partial charge < -0.3 is 19.7 Å². The number of fused-ring (bicyclic) bond motifs is 3. The van der Waals surface area contributed by atoms with Gasteiger partial charge in [-0.25, -0.2) is 0 Å². The summed E-state index contributed by atoms with van der Waals surface area (Å²) in [5, 5.41) is 20.7. The van der Waals surface area contributed by atoms with E-state index in [1.165, 1.54) is 11.1 Å². The van der Waals surface area contributed by atoms with Crippen molar-refractivity contribution >= 4 is 0 Å². The Morgan fingerprint density at radius 1 is 1.14 bits per heavy atom. The van der Waals surface area contributed by atoms with Gasteiger partial charge in [0.2, 0.25) is 6.79 Å². The molecule has 4 aliphatic rings. The molecule has 110 valence electrons. The Bertz CT molecular complexity index is 656. The molecule has 5 rings (SSSR count). The molecule has 1 fully saturated rings. The minimum atomic E-state index is -0.780. The van der Waals surface area contributed by atoms with E-state index in [4.69, 9.17) is 9.47 Å². The molecule has 2 N–H and O–H groups in total. The molecule has 1 aromatic rings. The van der Waals surface area contributed by atoms with E-state index < -0.39 is 12.2 Å². The lowest BCUT2D eigenvalue weighted by Crippen LogP contribution is -2.49. The van der Waals surface area contributed by atoms with Gasteiger partial charge in [0.05, 0.1) is 12.2 Å². The molecule has 5 heteroatoms. The number of aliphatic hydroxyl groups is 2. The lowest BCUT2D eigenvalue weighted by molar-refractivity contribution is -0.00157. The summed E-state index contributed by atoms with van der Waals surface area (Å²) < 4.78 is 10.9. The highest BCUT2D eigenvalue weighted by Gasteiger charge is 2.48. The number of hydrogen-bond donors (Lipinski definition) is 2. The van der Waals surface area contributed by atoms with Gasteiger partial charge >= 0.3 is 0 Å². The highest BCUT2D eigenvalue weighted by molar-refractivity contribution is 5.53. The first-order chi connectivity index (χ1) is 10.2. The van der Waals surface area contributed by atoms with Gasteiger partial charge in [-0.3, -0.25) is 4.90 Å². The van der Waals surface area contributed by atoms with Crippen LogP contribution in [0.25, 0.3) is 0 Å².